The number of amides is 1. The number of aromatic nitrogens is 2. The molecule has 168 valence electrons. The smallest absolute Gasteiger partial charge is 0.404 e. The van der Waals surface area contributed by atoms with Gasteiger partial charge in [-0.05, 0) is 47.9 Å². The van der Waals surface area contributed by atoms with E-state index in [0.717, 1.165) is 0 Å². The van der Waals surface area contributed by atoms with E-state index in [1.807, 2.05) is 0 Å². The number of rotatable bonds is 7. The second kappa shape index (κ2) is 11.4. The molecule has 0 aliphatic carbocycles. The predicted molar refractivity (Wildman–Crippen MR) is 124 cm³/mol. The molecular formula is C23H19ClFN5O3. The Kier molecular flexibility index (Phi) is 8.05. The lowest BCUT2D eigenvalue weighted by atomic mass is 10.2. The second-order valence-electron chi connectivity index (χ2n) is 6.53. The third kappa shape index (κ3) is 7.12. The van der Waals surface area contributed by atoms with Gasteiger partial charge < -0.3 is 26.2 Å². The van der Waals surface area contributed by atoms with Gasteiger partial charge in [-0.25, -0.2) is 19.2 Å². The molecule has 8 nitrogen and oxygen atoms in total. The summed E-state index contributed by atoms with van der Waals surface area (Å²) < 4.78 is 19.0. The molecule has 0 saturated heterocycles. The summed E-state index contributed by atoms with van der Waals surface area (Å²) >= 11 is 6.32. The highest BCUT2D eigenvalue weighted by atomic mass is 35.5. The van der Waals surface area contributed by atoms with E-state index in [1.165, 1.54) is 24.5 Å². The molecule has 0 unspecified atom stereocenters. The van der Waals surface area contributed by atoms with Crippen molar-refractivity contribution < 1.29 is 19.0 Å². The number of benzene rings is 2. The Bertz CT molecular complexity index is 1240. The first-order valence-corrected chi connectivity index (χ1v) is 9.98. The Hall–Kier alpha value is -4.29. The molecule has 2 aromatic carbocycles. The van der Waals surface area contributed by atoms with Gasteiger partial charge in [-0.15, -0.1) is 0 Å². The zero-order chi connectivity index (χ0) is 23.6. The summed E-state index contributed by atoms with van der Waals surface area (Å²) in [6.45, 7) is 0.310. The minimum absolute atomic E-state index is 0.138. The maximum absolute atomic E-state index is 13.3. The van der Waals surface area contributed by atoms with Crippen LogP contribution in [0.4, 0.5) is 26.4 Å². The average molecular weight is 468 g/mol. The highest BCUT2D eigenvalue weighted by Gasteiger charge is 2.09. The van der Waals surface area contributed by atoms with Crippen molar-refractivity contribution in [2.45, 2.75) is 6.61 Å². The van der Waals surface area contributed by atoms with Crippen LogP contribution in [0, 0.1) is 17.7 Å². The fourth-order valence-electron chi connectivity index (χ4n) is 2.59. The van der Waals surface area contributed by atoms with Crippen molar-refractivity contribution in [1.29, 1.82) is 0 Å². The normalized spacial score (nSPS) is 10.4. The van der Waals surface area contributed by atoms with Crippen LogP contribution in [-0.2, 0) is 6.61 Å². The van der Waals surface area contributed by atoms with Gasteiger partial charge in [0.25, 0.3) is 0 Å². The molecule has 1 amide bonds. The van der Waals surface area contributed by atoms with Gasteiger partial charge in [-0.3, -0.25) is 0 Å². The van der Waals surface area contributed by atoms with E-state index < -0.39 is 6.09 Å². The maximum atomic E-state index is 13.3. The molecule has 0 aliphatic rings. The van der Waals surface area contributed by atoms with Gasteiger partial charge in [0.15, 0.2) is 5.82 Å². The number of nitrogen functional groups attached to an aromatic ring is 1. The lowest BCUT2D eigenvalue weighted by Crippen LogP contribution is -2.20. The van der Waals surface area contributed by atoms with Gasteiger partial charge in [0, 0.05) is 12.2 Å². The molecule has 3 rings (SSSR count). The number of carbonyl (C=O) groups is 1. The summed E-state index contributed by atoms with van der Waals surface area (Å²) in [6, 6.07) is 11.2. The summed E-state index contributed by atoms with van der Waals surface area (Å²) in [5, 5.41) is 14.1. The van der Waals surface area contributed by atoms with Crippen LogP contribution >= 0.6 is 11.6 Å². The number of halogens is 2. The topological polar surface area (TPSA) is 122 Å². The quantitative estimate of drug-likeness (QED) is 0.381. The number of hydrogen-bond donors (Lipinski definition) is 4. The number of nitrogens with one attached hydrogen (secondary N) is 2. The van der Waals surface area contributed by atoms with Crippen molar-refractivity contribution >= 4 is 34.9 Å². The van der Waals surface area contributed by atoms with Gasteiger partial charge in [0.05, 0.1) is 5.02 Å². The number of hydrogen-bond acceptors (Lipinski definition) is 6. The standard InChI is InChI=1S/C23H19ClFN5O3/c24-18-12-17(8-9-20(18)33-13-15-5-4-6-16(25)11-15)30-22-21(26)19(28-14-29-22)7-2-1-3-10-27-23(31)32/h1,3-6,8-9,11-12,14,27H,10,13,26H2,(H,31,32)(H,28,29,30). The third-order valence-corrected chi connectivity index (χ3v) is 4.42. The van der Waals surface area contributed by atoms with E-state index in [4.69, 9.17) is 27.2 Å². The molecule has 3 aromatic rings. The van der Waals surface area contributed by atoms with Crippen LogP contribution in [0.1, 0.15) is 11.3 Å². The van der Waals surface area contributed by atoms with Crippen LogP contribution in [0.25, 0.3) is 0 Å². The lowest BCUT2D eigenvalue weighted by Gasteiger charge is -2.12. The first-order valence-electron chi connectivity index (χ1n) is 9.60. The number of ether oxygens (including phenoxy) is 1. The monoisotopic (exact) mass is 467 g/mol. The third-order valence-electron chi connectivity index (χ3n) is 4.12. The van der Waals surface area contributed by atoms with Crippen LogP contribution in [0.5, 0.6) is 5.75 Å². The Morgan fingerprint density at radius 1 is 1.27 bits per heavy atom. The van der Waals surface area contributed by atoms with Crippen molar-refractivity contribution in [3.63, 3.8) is 0 Å². The largest absolute Gasteiger partial charge is 0.487 e. The Morgan fingerprint density at radius 3 is 2.88 bits per heavy atom. The number of anilines is 3. The second-order valence-corrected chi connectivity index (χ2v) is 6.94. The van der Waals surface area contributed by atoms with Crippen LogP contribution in [0.2, 0.25) is 5.02 Å². The van der Waals surface area contributed by atoms with Gasteiger partial charge in [-0.2, -0.15) is 0 Å². The van der Waals surface area contributed by atoms with E-state index in [-0.39, 0.29) is 24.7 Å². The minimum atomic E-state index is -1.12. The molecule has 0 bridgehead atoms. The average Bonchev–Trinajstić information content (AvgIpc) is 2.78. The zero-order valence-corrected chi connectivity index (χ0v) is 17.9. The van der Waals surface area contributed by atoms with Crippen molar-refractivity contribution in [2.75, 3.05) is 17.6 Å². The van der Waals surface area contributed by atoms with Crippen LogP contribution < -0.4 is 21.1 Å². The van der Waals surface area contributed by atoms with Gasteiger partial charge in [0.2, 0.25) is 0 Å². The van der Waals surface area contributed by atoms with Crippen molar-refractivity contribution in [1.82, 2.24) is 15.3 Å². The predicted octanol–water partition coefficient (Wildman–Crippen LogP) is 4.35. The molecule has 0 atom stereocenters. The number of allylic oxidation sites excluding steroid dienone is 1. The van der Waals surface area contributed by atoms with Crippen LogP contribution in [-0.4, -0.2) is 27.7 Å². The molecular weight excluding hydrogens is 449 g/mol. The maximum Gasteiger partial charge on any atom is 0.404 e. The Labute approximate surface area is 194 Å². The highest BCUT2D eigenvalue weighted by molar-refractivity contribution is 6.32. The SMILES string of the molecule is Nc1c(C#CC=CCNC(=O)O)ncnc1Nc1ccc(OCc2cccc(F)c2)c(Cl)c1. The van der Waals surface area contributed by atoms with Crippen molar-refractivity contribution in [3.8, 4) is 17.6 Å². The fourth-order valence-corrected chi connectivity index (χ4v) is 2.82. The highest BCUT2D eigenvalue weighted by Crippen LogP contribution is 2.30. The molecule has 1 aromatic heterocycles. The lowest BCUT2D eigenvalue weighted by molar-refractivity contribution is 0.195. The summed E-state index contributed by atoms with van der Waals surface area (Å²) in [6.07, 6.45) is 3.25. The van der Waals surface area contributed by atoms with Gasteiger partial charge in [0.1, 0.15) is 35.9 Å². The van der Waals surface area contributed by atoms with E-state index in [0.29, 0.717) is 33.5 Å². The molecule has 5 N–H and O–H groups in total. The molecule has 0 aliphatic heterocycles. The van der Waals surface area contributed by atoms with Crippen molar-refractivity contribution in [3.05, 3.63) is 83.0 Å². The molecule has 0 saturated carbocycles. The summed E-state index contributed by atoms with van der Waals surface area (Å²) in [7, 11) is 0. The minimum Gasteiger partial charge on any atom is -0.487 e. The summed E-state index contributed by atoms with van der Waals surface area (Å²) in [5.74, 6) is 5.97. The first-order chi connectivity index (χ1) is 15.9. The zero-order valence-electron chi connectivity index (χ0n) is 17.2. The summed E-state index contributed by atoms with van der Waals surface area (Å²) in [4.78, 5) is 18.6. The van der Waals surface area contributed by atoms with E-state index >= 15 is 0 Å². The molecule has 10 heteroatoms. The van der Waals surface area contributed by atoms with E-state index in [2.05, 4.69) is 32.4 Å². The molecule has 0 fully saturated rings. The van der Waals surface area contributed by atoms with Gasteiger partial charge >= 0.3 is 6.09 Å². The molecule has 33 heavy (non-hydrogen) atoms. The van der Waals surface area contributed by atoms with Crippen LogP contribution in [0.3, 0.4) is 0 Å². The van der Waals surface area contributed by atoms with Crippen molar-refractivity contribution in [2.24, 2.45) is 0 Å². The molecule has 1 heterocycles. The summed E-state index contributed by atoms with van der Waals surface area (Å²) in [5.41, 5.74) is 7.96. The Balaban J connectivity index is 1.65. The van der Waals surface area contributed by atoms with Crippen LogP contribution in [0.15, 0.2) is 60.9 Å². The van der Waals surface area contributed by atoms with E-state index in [1.54, 1.807) is 36.4 Å². The van der Waals surface area contributed by atoms with Gasteiger partial charge in [-0.1, -0.05) is 35.7 Å². The molecule has 0 spiro atoms. The number of nitrogens with zero attached hydrogens (tertiary/aromatic N) is 2. The first kappa shape index (κ1) is 23.4. The number of carboxylic acid groups (broad SMARTS) is 1. The fraction of sp³-hybridized carbons (Fsp3) is 0.0870. The van der Waals surface area contributed by atoms with E-state index in [9.17, 15) is 9.18 Å². The molecule has 0 radical (unpaired) electrons. The Morgan fingerprint density at radius 2 is 2.12 bits per heavy atom. The number of nitrogens with two attached hydrogens (primary N) is 1.